The first kappa shape index (κ1) is 16.9. The van der Waals surface area contributed by atoms with Crippen LogP contribution in [0.2, 0.25) is 10.0 Å². The SMILES string of the molecule is O=Cc1ccc(Cl)c(Cc2cc3ccc(C(F)(F)F)cc3[nH]2)c1Cl. The van der Waals surface area contributed by atoms with E-state index in [-0.39, 0.29) is 11.4 Å². The van der Waals surface area contributed by atoms with Gasteiger partial charge in [-0.15, -0.1) is 0 Å². The van der Waals surface area contributed by atoms with E-state index < -0.39 is 11.7 Å². The smallest absolute Gasteiger partial charge is 0.358 e. The molecule has 7 heteroatoms. The third-order valence-corrected chi connectivity index (χ3v) is 4.52. The predicted molar refractivity (Wildman–Crippen MR) is 88.0 cm³/mol. The van der Waals surface area contributed by atoms with Crippen LogP contribution in [0.1, 0.15) is 27.2 Å². The first-order chi connectivity index (χ1) is 11.3. The molecular formula is C17H10Cl2F3NO. The Balaban J connectivity index is 2.01. The number of halogens is 5. The van der Waals surface area contributed by atoms with Crippen molar-refractivity contribution in [2.24, 2.45) is 0 Å². The summed E-state index contributed by atoms with van der Waals surface area (Å²) in [6.45, 7) is 0. The summed E-state index contributed by atoms with van der Waals surface area (Å²) < 4.78 is 38.3. The fourth-order valence-corrected chi connectivity index (χ4v) is 3.07. The number of benzene rings is 2. The van der Waals surface area contributed by atoms with Gasteiger partial charge < -0.3 is 4.98 Å². The normalized spacial score (nSPS) is 11.9. The van der Waals surface area contributed by atoms with Crippen molar-refractivity contribution >= 4 is 40.4 Å². The van der Waals surface area contributed by atoms with Crippen LogP contribution in [-0.4, -0.2) is 11.3 Å². The van der Waals surface area contributed by atoms with Gasteiger partial charge in [-0.3, -0.25) is 4.79 Å². The zero-order valence-corrected chi connectivity index (χ0v) is 13.6. The first-order valence-corrected chi connectivity index (χ1v) is 7.66. The van der Waals surface area contributed by atoms with E-state index in [1.165, 1.54) is 12.1 Å². The minimum Gasteiger partial charge on any atom is -0.358 e. The van der Waals surface area contributed by atoms with Crippen LogP contribution in [0.15, 0.2) is 36.4 Å². The van der Waals surface area contributed by atoms with Crippen LogP contribution in [0.25, 0.3) is 10.9 Å². The van der Waals surface area contributed by atoms with Crippen molar-refractivity contribution in [1.29, 1.82) is 0 Å². The van der Waals surface area contributed by atoms with Gasteiger partial charge >= 0.3 is 6.18 Å². The number of hydrogen-bond donors (Lipinski definition) is 1. The molecule has 3 rings (SSSR count). The molecule has 2 aromatic carbocycles. The monoisotopic (exact) mass is 371 g/mol. The quantitative estimate of drug-likeness (QED) is 0.571. The molecule has 2 nitrogen and oxygen atoms in total. The van der Waals surface area contributed by atoms with Crippen LogP contribution in [0.5, 0.6) is 0 Å². The van der Waals surface area contributed by atoms with E-state index in [9.17, 15) is 18.0 Å². The lowest BCUT2D eigenvalue weighted by molar-refractivity contribution is -0.137. The number of alkyl halides is 3. The van der Waals surface area contributed by atoms with Gasteiger partial charge in [0, 0.05) is 28.2 Å². The second-order valence-electron chi connectivity index (χ2n) is 5.32. The van der Waals surface area contributed by atoms with Crippen LogP contribution in [0.3, 0.4) is 0 Å². The highest BCUT2D eigenvalue weighted by Gasteiger charge is 2.30. The summed E-state index contributed by atoms with van der Waals surface area (Å²) in [5.41, 5.74) is 1.16. The van der Waals surface area contributed by atoms with Crippen molar-refractivity contribution < 1.29 is 18.0 Å². The van der Waals surface area contributed by atoms with E-state index in [0.29, 0.717) is 39.0 Å². The zero-order chi connectivity index (χ0) is 17.5. The minimum atomic E-state index is -4.40. The summed E-state index contributed by atoms with van der Waals surface area (Å²) in [5, 5.41) is 1.28. The summed E-state index contributed by atoms with van der Waals surface area (Å²) in [6.07, 6.45) is -3.50. The summed E-state index contributed by atoms with van der Waals surface area (Å²) in [5.74, 6) is 0. The zero-order valence-electron chi connectivity index (χ0n) is 12.0. The Hall–Kier alpha value is -1.98. The van der Waals surface area contributed by atoms with Crippen molar-refractivity contribution in [3.8, 4) is 0 Å². The lowest BCUT2D eigenvalue weighted by Gasteiger charge is -2.07. The highest BCUT2D eigenvalue weighted by molar-refractivity contribution is 6.37. The maximum absolute atomic E-state index is 12.8. The Kier molecular flexibility index (Phi) is 4.32. The molecular weight excluding hydrogens is 362 g/mol. The molecule has 0 radical (unpaired) electrons. The molecule has 24 heavy (non-hydrogen) atoms. The second kappa shape index (κ2) is 6.15. The largest absolute Gasteiger partial charge is 0.416 e. The molecule has 1 aromatic heterocycles. The third-order valence-electron chi connectivity index (χ3n) is 3.72. The summed E-state index contributed by atoms with van der Waals surface area (Å²) >= 11 is 12.3. The predicted octanol–water partition coefficient (Wildman–Crippen LogP) is 5.90. The van der Waals surface area contributed by atoms with Gasteiger partial charge in [0.15, 0.2) is 6.29 Å². The molecule has 0 bridgehead atoms. The standard InChI is InChI=1S/C17H10Cl2F3NO/c18-14-4-2-10(8-24)16(19)13(14)7-12-5-9-1-3-11(17(20,21)22)6-15(9)23-12/h1-6,8,23H,7H2. The number of aromatic nitrogens is 1. The Labute approximate surface area is 145 Å². The number of rotatable bonds is 3. The van der Waals surface area contributed by atoms with Crippen molar-refractivity contribution in [3.63, 3.8) is 0 Å². The highest BCUT2D eigenvalue weighted by Crippen LogP contribution is 2.33. The molecule has 0 saturated heterocycles. The number of aromatic amines is 1. The number of aldehydes is 1. The number of hydrogen-bond acceptors (Lipinski definition) is 1. The topological polar surface area (TPSA) is 32.9 Å². The number of nitrogens with one attached hydrogen (secondary N) is 1. The number of carbonyl (C=O) groups excluding carboxylic acids is 1. The van der Waals surface area contributed by atoms with Crippen LogP contribution >= 0.6 is 23.2 Å². The molecule has 0 spiro atoms. The second-order valence-corrected chi connectivity index (χ2v) is 6.10. The molecule has 3 aromatic rings. The van der Waals surface area contributed by atoms with Crippen LogP contribution < -0.4 is 0 Å². The molecule has 1 N–H and O–H groups in total. The van der Waals surface area contributed by atoms with Crippen molar-refractivity contribution in [2.75, 3.05) is 0 Å². The number of H-pyrrole nitrogens is 1. The lowest BCUT2D eigenvalue weighted by Crippen LogP contribution is -2.03. The fraction of sp³-hybridized carbons (Fsp3) is 0.118. The van der Waals surface area contributed by atoms with Gasteiger partial charge in [-0.2, -0.15) is 13.2 Å². The van der Waals surface area contributed by atoms with Gasteiger partial charge in [0.1, 0.15) is 0 Å². The molecule has 0 aliphatic rings. The molecule has 0 aliphatic heterocycles. The van der Waals surface area contributed by atoms with Gasteiger partial charge in [-0.25, -0.2) is 0 Å². The summed E-state index contributed by atoms with van der Waals surface area (Å²) in [4.78, 5) is 13.9. The molecule has 0 amide bonds. The highest BCUT2D eigenvalue weighted by atomic mass is 35.5. The van der Waals surface area contributed by atoms with E-state index in [4.69, 9.17) is 23.2 Å². The van der Waals surface area contributed by atoms with Gasteiger partial charge in [-0.05, 0) is 41.3 Å². The maximum Gasteiger partial charge on any atom is 0.416 e. The van der Waals surface area contributed by atoms with Gasteiger partial charge in [0.2, 0.25) is 0 Å². The van der Waals surface area contributed by atoms with Crippen LogP contribution in [0, 0.1) is 0 Å². The Bertz CT molecular complexity index is 931. The average molecular weight is 372 g/mol. The van der Waals surface area contributed by atoms with Crippen LogP contribution in [-0.2, 0) is 12.6 Å². The summed E-state index contributed by atoms with van der Waals surface area (Å²) in [7, 11) is 0. The van der Waals surface area contributed by atoms with Crippen molar-refractivity contribution in [1.82, 2.24) is 4.98 Å². The molecule has 0 fully saturated rings. The number of fused-ring (bicyclic) bond motifs is 1. The van der Waals surface area contributed by atoms with Gasteiger partial charge in [-0.1, -0.05) is 29.3 Å². The summed E-state index contributed by atoms with van der Waals surface area (Å²) in [6, 6.07) is 8.31. The Morgan fingerprint density at radius 3 is 2.50 bits per heavy atom. The van der Waals surface area contributed by atoms with Gasteiger partial charge in [0.25, 0.3) is 0 Å². The minimum absolute atomic E-state index is 0.243. The molecule has 124 valence electrons. The molecule has 1 heterocycles. The molecule has 0 aliphatic carbocycles. The molecule has 0 saturated carbocycles. The van der Waals surface area contributed by atoms with Crippen LogP contribution in [0.4, 0.5) is 13.2 Å². The van der Waals surface area contributed by atoms with Crippen molar-refractivity contribution in [2.45, 2.75) is 12.6 Å². The van der Waals surface area contributed by atoms with Crippen molar-refractivity contribution in [3.05, 3.63) is 68.8 Å². The van der Waals surface area contributed by atoms with E-state index in [2.05, 4.69) is 4.98 Å². The Morgan fingerprint density at radius 2 is 1.83 bits per heavy atom. The fourth-order valence-electron chi connectivity index (χ4n) is 2.52. The first-order valence-electron chi connectivity index (χ1n) is 6.90. The molecule has 0 atom stereocenters. The van der Waals surface area contributed by atoms with E-state index in [1.807, 2.05) is 0 Å². The molecule has 0 unspecified atom stereocenters. The Morgan fingerprint density at radius 1 is 1.08 bits per heavy atom. The van der Waals surface area contributed by atoms with E-state index in [0.717, 1.165) is 12.1 Å². The average Bonchev–Trinajstić information content (AvgIpc) is 2.92. The number of carbonyl (C=O) groups is 1. The lowest BCUT2D eigenvalue weighted by atomic mass is 10.1. The van der Waals surface area contributed by atoms with Gasteiger partial charge in [0.05, 0.1) is 10.6 Å². The van der Waals surface area contributed by atoms with E-state index in [1.54, 1.807) is 12.1 Å². The van der Waals surface area contributed by atoms with E-state index >= 15 is 0 Å². The maximum atomic E-state index is 12.8. The third kappa shape index (κ3) is 3.14.